The van der Waals surface area contributed by atoms with E-state index in [1.54, 1.807) is 0 Å². The van der Waals surface area contributed by atoms with E-state index >= 15 is 0 Å². The molecule has 1 heterocycles. The molecule has 4 aromatic carbocycles. The van der Waals surface area contributed by atoms with Crippen LogP contribution in [0, 0.1) is 0 Å². The van der Waals surface area contributed by atoms with E-state index in [4.69, 9.17) is 0 Å². The van der Waals surface area contributed by atoms with Gasteiger partial charge in [0.15, 0.2) is 0 Å². The molecule has 0 bridgehead atoms. The number of aromatic nitrogens is 1. The molecule has 0 aliphatic heterocycles. The molecule has 0 aliphatic rings. The van der Waals surface area contributed by atoms with E-state index in [-0.39, 0.29) is 12.7 Å². The lowest BCUT2D eigenvalue weighted by molar-refractivity contribution is 0.370. The van der Waals surface area contributed by atoms with E-state index in [2.05, 4.69) is 60.7 Å². The van der Waals surface area contributed by atoms with Gasteiger partial charge in [-0.1, -0.05) is 84.9 Å². The summed E-state index contributed by atoms with van der Waals surface area (Å²) in [6, 6.07) is 32.9. The second kappa shape index (κ2) is 7.82. The zero-order chi connectivity index (χ0) is 21.4. The second-order valence-electron chi connectivity index (χ2n) is 7.74. The van der Waals surface area contributed by atoms with Crippen LogP contribution in [-0.2, 0) is 11.1 Å². The predicted molar refractivity (Wildman–Crippen MR) is 127 cm³/mol. The Bertz CT molecular complexity index is 1320. The zero-order valence-corrected chi connectivity index (χ0v) is 17.7. The van der Waals surface area contributed by atoms with Crippen LogP contribution in [0.2, 0.25) is 0 Å². The molecule has 5 aromatic rings. The van der Waals surface area contributed by atoms with Gasteiger partial charge in [0.1, 0.15) is 0 Å². The molecule has 0 unspecified atom stereocenters. The quantitative estimate of drug-likeness (QED) is 0.323. The van der Waals surface area contributed by atoms with Gasteiger partial charge in [-0.25, -0.2) is 0 Å². The fourth-order valence-corrected chi connectivity index (χ4v) is 4.65. The summed E-state index contributed by atoms with van der Waals surface area (Å²) in [5.41, 5.74) is 6.35. The van der Waals surface area contributed by atoms with Crippen LogP contribution in [0.3, 0.4) is 0 Å². The molecule has 154 valence electrons. The summed E-state index contributed by atoms with van der Waals surface area (Å²) in [6.07, 6.45) is -0.197. The van der Waals surface area contributed by atoms with E-state index in [1.165, 1.54) is 0 Å². The molecule has 0 atom stereocenters. The van der Waals surface area contributed by atoms with Crippen molar-refractivity contribution in [1.82, 2.24) is 4.57 Å². The van der Waals surface area contributed by atoms with E-state index < -0.39 is 7.60 Å². The Kier molecular flexibility index (Phi) is 4.99. The van der Waals surface area contributed by atoms with Crippen molar-refractivity contribution in [1.29, 1.82) is 0 Å². The highest BCUT2D eigenvalue weighted by molar-refractivity contribution is 7.51. The largest absolute Gasteiger partial charge is 0.340 e. The molecule has 0 aliphatic carbocycles. The fraction of sp³-hybridized carbons (Fsp3) is 0.0769. The highest BCUT2D eigenvalue weighted by atomic mass is 31.2. The van der Waals surface area contributed by atoms with Gasteiger partial charge < -0.3 is 14.4 Å². The van der Waals surface area contributed by atoms with Gasteiger partial charge in [-0.05, 0) is 34.4 Å². The first kappa shape index (κ1) is 19.8. The van der Waals surface area contributed by atoms with Crippen molar-refractivity contribution in [2.45, 2.75) is 6.54 Å². The molecule has 0 saturated heterocycles. The molecular weight excluding hydrogens is 405 g/mol. The first-order valence-corrected chi connectivity index (χ1v) is 12.0. The maximum atomic E-state index is 11.7. The van der Waals surface area contributed by atoms with Crippen LogP contribution < -0.4 is 0 Å². The Balaban J connectivity index is 1.74. The van der Waals surface area contributed by atoms with E-state index in [1.807, 2.05) is 41.0 Å². The first-order chi connectivity index (χ1) is 15.0. The minimum Gasteiger partial charge on any atom is -0.340 e. The van der Waals surface area contributed by atoms with Crippen LogP contribution >= 0.6 is 7.60 Å². The number of hydrogen-bond donors (Lipinski definition) is 2. The lowest BCUT2D eigenvalue weighted by Gasteiger charge is -2.10. The lowest BCUT2D eigenvalue weighted by Crippen LogP contribution is -2.03. The topological polar surface area (TPSA) is 62.5 Å². The summed E-state index contributed by atoms with van der Waals surface area (Å²) in [4.78, 5) is 19.0. The van der Waals surface area contributed by atoms with Crippen LogP contribution in [-0.4, -0.2) is 20.5 Å². The van der Waals surface area contributed by atoms with Crippen LogP contribution in [0.25, 0.3) is 44.1 Å². The predicted octanol–water partition coefficient (Wildman–Crippen LogP) is 6.31. The normalized spacial score (nSPS) is 11.9. The fourth-order valence-electron chi connectivity index (χ4n) is 4.19. The first-order valence-electron chi connectivity index (χ1n) is 10.2. The van der Waals surface area contributed by atoms with E-state index in [9.17, 15) is 14.4 Å². The van der Waals surface area contributed by atoms with Crippen molar-refractivity contribution in [2.75, 3.05) is 6.16 Å². The van der Waals surface area contributed by atoms with Crippen molar-refractivity contribution in [3.05, 3.63) is 97.1 Å². The zero-order valence-electron chi connectivity index (χ0n) is 16.8. The Hall–Kier alpha value is -3.17. The summed E-state index contributed by atoms with van der Waals surface area (Å²) in [6.45, 7) is 0.251. The van der Waals surface area contributed by atoms with Gasteiger partial charge in [-0.15, -0.1) is 0 Å². The van der Waals surface area contributed by atoms with Crippen molar-refractivity contribution in [3.8, 4) is 22.3 Å². The molecule has 0 spiro atoms. The van der Waals surface area contributed by atoms with Crippen LogP contribution in [0.5, 0.6) is 0 Å². The highest BCUT2D eigenvalue weighted by Gasteiger charge is 2.17. The van der Waals surface area contributed by atoms with Crippen molar-refractivity contribution >= 4 is 29.4 Å². The van der Waals surface area contributed by atoms with Gasteiger partial charge >= 0.3 is 7.60 Å². The van der Waals surface area contributed by atoms with Crippen LogP contribution in [0.15, 0.2) is 97.1 Å². The van der Waals surface area contributed by atoms with Crippen LogP contribution in [0.1, 0.15) is 0 Å². The number of nitrogens with zero attached hydrogens (tertiary/aromatic N) is 1. The Labute approximate surface area is 180 Å². The maximum absolute atomic E-state index is 11.7. The summed E-state index contributed by atoms with van der Waals surface area (Å²) >= 11 is 0. The summed E-state index contributed by atoms with van der Waals surface area (Å²) < 4.78 is 13.7. The number of fused-ring (bicyclic) bond motifs is 3. The smallest absolute Gasteiger partial charge is 0.327 e. The maximum Gasteiger partial charge on any atom is 0.327 e. The highest BCUT2D eigenvalue weighted by Crippen LogP contribution is 2.38. The molecule has 5 rings (SSSR count). The average Bonchev–Trinajstić information content (AvgIpc) is 3.10. The molecule has 2 N–H and O–H groups in total. The number of hydrogen-bond acceptors (Lipinski definition) is 1. The third-order valence-electron chi connectivity index (χ3n) is 5.70. The standard InChI is InChI=1S/C26H22NO3P/c28-31(29,30)16-15-27-25-17-21(19-7-3-1-4-8-19)11-13-23(25)24-14-12-22(18-26(24)27)20-9-5-2-6-10-20/h1-14,17-18H,15-16H2,(H2,28,29,30). The van der Waals surface area contributed by atoms with Crippen molar-refractivity contribution in [2.24, 2.45) is 0 Å². The molecule has 0 fully saturated rings. The van der Waals surface area contributed by atoms with Gasteiger partial charge in [0.2, 0.25) is 0 Å². The average molecular weight is 427 g/mol. The number of aryl methyl sites for hydroxylation is 1. The van der Waals surface area contributed by atoms with E-state index in [0.717, 1.165) is 44.1 Å². The van der Waals surface area contributed by atoms with Gasteiger partial charge in [-0.3, -0.25) is 4.57 Å². The SMILES string of the molecule is O=P(O)(O)CCn1c2cc(-c3ccccc3)ccc2c2ccc(-c3ccccc3)cc21. The molecule has 4 nitrogen and oxygen atoms in total. The Morgan fingerprint density at radius 1 is 0.613 bits per heavy atom. The third kappa shape index (κ3) is 3.94. The summed E-state index contributed by atoms with van der Waals surface area (Å²) in [7, 11) is -4.12. The summed E-state index contributed by atoms with van der Waals surface area (Å²) in [5, 5.41) is 2.17. The van der Waals surface area contributed by atoms with Gasteiger partial charge in [-0.2, -0.15) is 0 Å². The number of benzene rings is 4. The minimum absolute atomic E-state index is 0.197. The monoisotopic (exact) mass is 427 g/mol. The molecule has 0 saturated carbocycles. The summed E-state index contributed by atoms with van der Waals surface area (Å²) in [5.74, 6) is 0. The minimum atomic E-state index is -4.12. The molecule has 1 aromatic heterocycles. The van der Waals surface area contributed by atoms with Gasteiger partial charge in [0.05, 0.1) is 6.16 Å². The molecule has 5 heteroatoms. The van der Waals surface area contributed by atoms with Crippen LogP contribution in [0.4, 0.5) is 0 Å². The molecule has 31 heavy (non-hydrogen) atoms. The lowest BCUT2D eigenvalue weighted by atomic mass is 10.0. The molecular formula is C26H22NO3P. The van der Waals surface area contributed by atoms with Crippen molar-refractivity contribution in [3.63, 3.8) is 0 Å². The molecule has 0 amide bonds. The van der Waals surface area contributed by atoms with Gasteiger partial charge in [0, 0.05) is 28.4 Å². The van der Waals surface area contributed by atoms with Crippen molar-refractivity contribution < 1.29 is 14.4 Å². The van der Waals surface area contributed by atoms with E-state index in [0.29, 0.717) is 0 Å². The Morgan fingerprint density at radius 3 is 1.48 bits per heavy atom. The second-order valence-corrected chi connectivity index (χ2v) is 9.51. The molecule has 0 radical (unpaired) electrons. The van der Waals surface area contributed by atoms with Gasteiger partial charge in [0.25, 0.3) is 0 Å². The Morgan fingerprint density at radius 2 is 1.06 bits per heavy atom. The third-order valence-corrected chi connectivity index (χ3v) is 6.48. The number of rotatable bonds is 5.